The first-order chi connectivity index (χ1) is 22.5. The predicted molar refractivity (Wildman–Crippen MR) is 190 cm³/mol. The Morgan fingerprint density at radius 1 is 1.15 bits per heavy atom. The number of carbonyl (C=O) groups excluding carboxylic acids is 2. The van der Waals surface area contributed by atoms with Crippen LogP contribution in [-0.2, 0) is 26.8 Å². The second kappa shape index (κ2) is 14.8. The van der Waals surface area contributed by atoms with Gasteiger partial charge in [-0.05, 0) is 103 Å². The van der Waals surface area contributed by atoms with E-state index in [0.29, 0.717) is 43.1 Å². The van der Waals surface area contributed by atoms with E-state index in [2.05, 4.69) is 73.3 Å². The molecule has 0 aromatic heterocycles. The quantitative estimate of drug-likeness (QED) is 0.117. The molecule has 2 aliphatic carbocycles. The summed E-state index contributed by atoms with van der Waals surface area (Å²) in [5.41, 5.74) is 8.95. The van der Waals surface area contributed by atoms with Crippen molar-refractivity contribution in [2.24, 2.45) is 28.5 Å². The number of amides is 2. The standard InChI is InChI=1S/C39H57N5O3/c1-6-12-35(40)41-18-10-11-19-42-36(46)33(21-26(2)3)43-37(47)39(29-13-8-7-9-14-29)24-30(39)25-44-20-17-38(5)27(4)34(44)22-28-15-16-31(45)23-32(28)38/h7-9,13-16,23,26-27,30,33-34,45H,6,10-12,17-22,24-25H2,1-5H3,(H2,40,41)(H,42,46)(H,43,47)/t27-,30-,33+,34+,38+,39+/m0/s1. The highest BCUT2D eigenvalue weighted by atomic mass is 16.3. The third-order valence-corrected chi connectivity index (χ3v) is 11.4. The van der Waals surface area contributed by atoms with Gasteiger partial charge in [-0.2, -0.15) is 0 Å². The molecule has 256 valence electrons. The number of hydrogen-bond acceptors (Lipinski definition) is 5. The fourth-order valence-corrected chi connectivity index (χ4v) is 8.37. The lowest BCUT2D eigenvalue weighted by Crippen LogP contribution is -2.58. The van der Waals surface area contributed by atoms with E-state index >= 15 is 0 Å². The van der Waals surface area contributed by atoms with Crippen LogP contribution < -0.4 is 16.4 Å². The molecule has 2 aromatic rings. The van der Waals surface area contributed by atoms with E-state index in [-0.39, 0.29) is 29.1 Å². The number of carbonyl (C=O) groups is 2. The van der Waals surface area contributed by atoms with Crippen molar-refractivity contribution < 1.29 is 14.7 Å². The number of phenols is 1. The molecule has 1 aliphatic heterocycles. The molecule has 3 aliphatic rings. The van der Waals surface area contributed by atoms with Gasteiger partial charge in [-0.3, -0.25) is 19.5 Å². The molecule has 0 unspecified atom stereocenters. The number of amidine groups is 1. The Kier molecular flexibility index (Phi) is 11.0. The number of aromatic hydroxyl groups is 1. The molecule has 1 saturated carbocycles. The monoisotopic (exact) mass is 643 g/mol. The topological polar surface area (TPSA) is 120 Å². The fraction of sp³-hybridized carbons (Fsp3) is 0.615. The minimum absolute atomic E-state index is 0.0258. The molecule has 1 heterocycles. The Morgan fingerprint density at radius 3 is 2.64 bits per heavy atom. The van der Waals surface area contributed by atoms with Gasteiger partial charge in [-0.15, -0.1) is 0 Å². The molecule has 5 rings (SSSR count). The SMILES string of the molecule is CCCC(N)=NCCCCNC(=O)[C@@H](CC(C)C)NC(=O)[C@@]1(c2ccccc2)C[C@H]1CN1CC[C@@]2(C)c3cc(O)ccc3C[C@@H]1[C@@H]2C. The van der Waals surface area contributed by atoms with Crippen LogP contribution in [0.3, 0.4) is 0 Å². The number of nitrogens with one attached hydrogen (secondary N) is 2. The van der Waals surface area contributed by atoms with Crippen molar-refractivity contribution in [3.8, 4) is 5.75 Å². The van der Waals surface area contributed by atoms with Crippen molar-refractivity contribution in [2.45, 2.75) is 109 Å². The van der Waals surface area contributed by atoms with Crippen LogP contribution in [0.15, 0.2) is 53.5 Å². The van der Waals surface area contributed by atoms with Gasteiger partial charge >= 0.3 is 0 Å². The smallest absolute Gasteiger partial charge is 0.242 e. The lowest BCUT2D eigenvalue weighted by atomic mass is 9.59. The zero-order chi connectivity index (χ0) is 33.8. The van der Waals surface area contributed by atoms with E-state index in [1.54, 1.807) is 0 Å². The molecular weight excluding hydrogens is 586 g/mol. The summed E-state index contributed by atoms with van der Waals surface area (Å²) in [4.78, 5) is 34.8. The zero-order valence-electron chi connectivity index (χ0n) is 29.2. The summed E-state index contributed by atoms with van der Waals surface area (Å²) in [6.07, 6.45) is 6.81. The van der Waals surface area contributed by atoms with Gasteiger partial charge in [0.25, 0.3) is 0 Å². The molecule has 2 bridgehead atoms. The number of fused-ring (bicyclic) bond motifs is 4. The first-order valence-corrected chi connectivity index (χ1v) is 18.0. The number of nitrogens with two attached hydrogens (primary N) is 1. The normalized spacial score (nSPS) is 27.6. The van der Waals surface area contributed by atoms with Gasteiger partial charge in [-0.25, -0.2) is 0 Å². The first kappa shape index (κ1) is 34.9. The van der Waals surface area contributed by atoms with Gasteiger partial charge in [-0.1, -0.05) is 71.0 Å². The van der Waals surface area contributed by atoms with Crippen LogP contribution in [0.2, 0.25) is 0 Å². The summed E-state index contributed by atoms with van der Waals surface area (Å²) in [5.74, 6) is 1.75. The molecule has 2 fully saturated rings. The second-order valence-electron chi connectivity index (χ2n) is 15.1. The van der Waals surface area contributed by atoms with Gasteiger partial charge in [0.05, 0.1) is 11.3 Å². The zero-order valence-corrected chi connectivity index (χ0v) is 29.2. The molecule has 1 saturated heterocycles. The summed E-state index contributed by atoms with van der Waals surface area (Å²) in [7, 11) is 0. The summed E-state index contributed by atoms with van der Waals surface area (Å²) in [6, 6.07) is 15.9. The molecule has 8 nitrogen and oxygen atoms in total. The third-order valence-electron chi connectivity index (χ3n) is 11.4. The summed E-state index contributed by atoms with van der Waals surface area (Å²) < 4.78 is 0. The van der Waals surface area contributed by atoms with Gasteiger partial charge in [0.2, 0.25) is 11.8 Å². The van der Waals surface area contributed by atoms with Crippen molar-refractivity contribution in [2.75, 3.05) is 26.2 Å². The largest absolute Gasteiger partial charge is 0.508 e. The van der Waals surface area contributed by atoms with Crippen LogP contribution in [0.5, 0.6) is 5.75 Å². The Morgan fingerprint density at radius 2 is 1.91 bits per heavy atom. The number of phenolic OH excluding ortho intramolecular Hbond substituents is 1. The average molecular weight is 644 g/mol. The Balaban J connectivity index is 1.26. The van der Waals surface area contributed by atoms with Crippen molar-refractivity contribution in [1.29, 1.82) is 0 Å². The Hall–Kier alpha value is -3.39. The predicted octanol–water partition coefficient (Wildman–Crippen LogP) is 5.46. The maximum Gasteiger partial charge on any atom is 0.242 e. The lowest BCUT2D eigenvalue weighted by Gasteiger charge is -2.55. The minimum Gasteiger partial charge on any atom is -0.508 e. The van der Waals surface area contributed by atoms with Crippen molar-refractivity contribution >= 4 is 17.6 Å². The number of rotatable bonds is 15. The van der Waals surface area contributed by atoms with E-state index < -0.39 is 11.5 Å². The third kappa shape index (κ3) is 7.53. The molecule has 0 spiro atoms. The fourth-order valence-electron chi connectivity index (χ4n) is 8.37. The van der Waals surface area contributed by atoms with Crippen molar-refractivity contribution in [3.05, 3.63) is 65.2 Å². The van der Waals surface area contributed by atoms with E-state index in [1.807, 2.05) is 30.3 Å². The molecule has 47 heavy (non-hydrogen) atoms. The first-order valence-electron chi connectivity index (χ1n) is 18.0. The maximum atomic E-state index is 14.4. The van der Waals surface area contributed by atoms with E-state index in [1.165, 1.54) is 11.1 Å². The second-order valence-corrected chi connectivity index (χ2v) is 15.1. The van der Waals surface area contributed by atoms with Crippen molar-refractivity contribution in [1.82, 2.24) is 15.5 Å². The van der Waals surface area contributed by atoms with Crippen LogP contribution in [0.25, 0.3) is 0 Å². The van der Waals surface area contributed by atoms with Gasteiger partial charge in [0.15, 0.2) is 0 Å². The van der Waals surface area contributed by atoms with Crippen LogP contribution in [0, 0.1) is 17.8 Å². The van der Waals surface area contributed by atoms with Gasteiger partial charge in [0.1, 0.15) is 11.8 Å². The number of aliphatic imine (C=N–C) groups is 1. The van der Waals surface area contributed by atoms with Crippen LogP contribution in [0.1, 0.15) is 96.3 Å². The van der Waals surface area contributed by atoms with Crippen molar-refractivity contribution in [3.63, 3.8) is 0 Å². The van der Waals surface area contributed by atoms with E-state index in [0.717, 1.165) is 63.6 Å². The van der Waals surface area contributed by atoms with Gasteiger partial charge in [0, 0.05) is 32.1 Å². The number of likely N-dealkylation sites (tertiary alicyclic amines) is 1. The molecule has 5 N–H and O–H groups in total. The number of unbranched alkanes of at least 4 members (excludes halogenated alkanes) is 1. The summed E-state index contributed by atoms with van der Waals surface area (Å²) in [6.45, 7) is 14.0. The molecule has 6 atom stereocenters. The van der Waals surface area contributed by atoms with Crippen LogP contribution >= 0.6 is 0 Å². The highest BCUT2D eigenvalue weighted by Gasteiger charge is 2.62. The van der Waals surface area contributed by atoms with E-state index in [4.69, 9.17) is 5.73 Å². The number of nitrogens with zero attached hydrogens (tertiary/aromatic N) is 2. The molecular formula is C39H57N5O3. The number of hydrogen-bond donors (Lipinski definition) is 4. The van der Waals surface area contributed by atoms with Gasteiger partial charge < -0.3 is 21.5 Å². The van der Waals surface area contributed by atoms with Crippen LogP contribution in [-0.4, -0.2) is 65.9 Å². The Bertz CT molecular complexity index is 1430. The molecule has 2 amide bonds. The highest BCUT2D eigenvalue weighted by Crippen LogP contribution is 2.57. The minimum atomic E-state index is -0.643. The number of benzene rings is 2. The lowest BCUT2D eigenvalue weighted by molar-refractivity contribution is -0.131. The van der Waals surface area contributed by atoms with Crippen LogP contribution in [0.4, 0.5) is 0 Å². The van der Waals surface area contributed by atoms with E-state index in [9.17, 15) is 14.7 Å². The number of piperidine rings is 1. The molecule has 0 radical (unpaired) electrons. The Labute approximate surface area is 282 Å². The maximum absolute atomic E-state index is 14.4. The molecule has 2 aromatic carbocycles. The summed E-state index contributed by atoms with van der Waals surface area (Å²) in [5, 5.41) is 16.6. The average Bonchev–Trinajstić information content (AvgIpc) is 3.77. The highest BCUT2D eigenvalue weighted by molar-refractivity contribution is 5.95. The summed E-state index contributed by atoms with van der Waals surface area (Å²) >= 11 is 0. The molecule has 8 heteroatoms.